The number of imide groups is 1. The fourth-order valence-electron chi connectivity index (χ4n) is 3.92. The topological polar surface area (TPSA) is 84.0 Å². The van der Waals surface area contributed by atoms with Crippen LogP contribution in [0.4, 0.5) is 5.69 Å². The van der Waals surface area contributed by atoms with Crippen LogP contribution in [-0.2, 0) is 25.5 Å². The van der Waals surface area contributed by atoms with E-state index in [2.05, 4.69) is 0 Å². The average Bonchev–Trinajstić information content (AvgIpc) is 3.56. The molecule has 3 amide bonds. The second-order valence-corrected chi connectivity index (χ2v) is 8.33. The minimum Gasteiger partial charge on any atom is -0.462 e. The molecule has 2 fully saturated rings. The van der Waals surface area contributed by atoms with Gasteiger partial charge in [-0.1, -0.05) is 23.7 Å². The van der Waals surface area contributed by atoms with Crippen LogP contribution in [0.2, 0.25) is 5.02 Å². The summed E-state index contributed by atoms with van der Waals surface area (Å²) < 4.78 is 4.96. The molecule has 32 heavy (non-hydrogen) atoms. The first-order chi connectivity index (χ1) is 15.4. The van der Waals surface area contributed by atoms with Gasteiger partial charge in [-0.3, -0.25) is 14.4 Å². The lowest BCUT2D eigenvalue weighted by Crippen LogP contribution is -2.47. The quantitative estimate of drug-likeness (QED) is 0.473. The third-order valence-electron chi connectivity index (χ3n) is 5.59. The second-order valence-electron chi connectivity index (χ2n) is 7.89. The number of nitrogens with zero attached hydrogens (tertiary/aromatic N) is 2. The van der Waals surface area contributed by atoms with Crippen molar-refractivity contribution in [2.75, 3.05) is 11.5 Å². The molecule has 4 rings (SSSR count). The van der Waals surface area contributed by atoms with E-state index >= 15 is 0 Å². The Hall–Kier alpha value is -3.19. The smallest absolute Gasteiger partial charge is 0.338 e. The van der Waals surface area contributed by atoms with Crippen molar-refractivity contribution in [2.45, 2.75) is 44.7 Å². The van der Waals surface area contributed by atoms with Crippen LogP contribution in [0.5, 0.6) is 0 Å². The largest absolute Gasteiger partial charge is 0.462 e. The number of hydrogen-bond donors (Lipinski definition) is 0. The van der Waals surface area contributed by atoms with Crippen molar-refractivity contribution >= 4 is 41.0 Å². The lowest BCUT2D eigenvalue weighted by molar-refractivity contribution is -0.138. The van der Waals surface area contributed by atoms with Gasteiger partial charge in [0, 0.05) is 11.1 Å². The van der Waals surface area contributed by atoms with Gasteiger partial charge < -0.3 is 9.64 Å². The Morgan fingerprint density at radius 2 is 1.72 bits per heavy atom. The van der Waals surface area contributed by atoms with Gasteiger partial charge >= 0.3 is 5.97 Å². The maximum atomic E-state index is 13.2. The van der Waals surface area contributed by atoms with Gasteiger partial charge in [-0.15, -0.1) is 0 Å². The highest BCUT2D eigenvalue weighted by atomic mass is 35.5. The summed E-state index contributed by atoms with van der Waals surface area (Å²) >= 11 is 5.92. The molecule has 166 valence electrons. The van der Waals surface area contributed by atoms with E-state index in [4.69, 9.17) is 16.3 Å². The van der Waals surface area contributed by atoms with Gasteiger partial charge in [-0.2, -0.15) is 0 Å². The highest BCUT2D eigenvalue weighted by Crippen LogP contribution is 2.34. The van der Waals surface area contributed by atoms with Crippen LogP contribution in [0.3, 0.4) is 0 Å². The maximum absolute atomic E-state index is 13.2. The predicted octanol–water partition coefficient (Wildman–Crippen LogP) is 3.38. The maximum Gasteiger partial charge on any atom is 0.338 e. The molecule has 1 aliphatic heterocycles. The van der Waals surface area contributed by atoms with Crippen molar-refractivity contribution in [3.8, 4) is 0 Å². The molecule has 8 heteroatoms. The molecule has 2 aromatic rings. The number of esters is 1. The van der Waals surface area contributed by atoms with Crippen LogP contribution in [0.15, 0.2) is 48.5 Å². The molecular weight excluding hydrogens is 432 g/mol. The Bertz CT molecular complexity index is 1050. The lowest BCUT2D eigenvalue weighted by Gasteiger charge is -2.27. The van der Waals surface area contributed by atoms with Gasteiger partial charge in [0.25, 0.3) is 5.91 Å². The molecule has 1 saturated heterocycles. The number of rotatable bonds is 7. The number of amides is 3. The Morgan fingerprint density at radius 1 is 1.06 bits per heavy atom. The summed E-state index contributed by atoms with van der Waals surface area (Å²) in [7, 11) is 0. The van der Waals surface area contributed by atoms with Gasteiger partial charge in [0.2, 0.25) is 11.8 Å². The summed E-state index contributed by atoms with van der Waals surface area (Å²) in [4.78, 5) is 53.6. The van der Waals surface area contributed by atoms with E-state index in [1.54, 1.807) is 48.2 Å². The molecule has 0 spiro atoms. The van der Waals surface area contributed by atoms with E-state index in [0.717, 1.165) is 23.3 Å². The first-order valence-corrected chi connectivity index (χ1v) is 11.0. The van der Waals surface area contributed by atoms with Crippen LogP contribution in [0.25, 0.3) is 0 Å². The number of carbonyl (C=O) groups excluding carboxylic acids is 4. The molecule has 0 radical (unpaired) electrons. The number of benzene rings is 2. The van der Waals surface area contributed by atoms with Crippen molar-refractivity contribution in [1.29, 1.82) is 0 Å². The van der Waals surface area contributed by atoms with Gasteiger partial charge in [0.05, 0.1) is 30.7 Å². The summed E-state index contributed by atoms with van der Waals surface area (Å²) in [5, 5.41) is 0.585. The standard InChI is InChI=1S/C24H23ClN2O5/c1-2-32-24(31)16-5-9-19(10-6-16)27-22(29)14-20(23(27)30)26(18-11-12-18)21(28)13-15-3-7-17(25)8-4-15/h3-10,18,20H,2,11-14H2,1H3. The van der Waals surface area contributed by atoms with Crippen LogP contribution in [0, 0.1) is 0 Å². The lowest BCUT2D eigenvalue weighted by atomic mass is 10.1. The molecule has 1 saturated carbocycles. The van der Waals surface area contributed by atoms with Crippen LogP contribution < -0.4 is 4.90 Å². The highest BCUT2D eigenvalue weighted by Gasteiger charge is 2.48. The van der Waals surface area contributed by atoms with Crippen molar-refractivity contribution in [1.82, 2.24) is 4.90 Å². The zero-order valence-electron chi connectivity index (χ0n) is 17.6. The first-order valence-electron chi connectivity index (χ1n) is 10.6. The minimum atomic E-state index is -0.820. The van der Waals surface area contributed by atoms with Crippen molar-refractivity contribution in [3.63, 3.8) is 0 Å². The zero-order chi connectivity index (χ0) is 22.8. The number of hydrogen-bond acceptors (Lipinski definition) is 5. The van der Waals surface area contributed by atoms with E-state index in [9.17, 15) is 19.2 Å². The van der Waals surface area contributed by atoms with Gasteiger partial charge in [0.15, 0.2) is 0 Å². The minimum absolute atomic E-state index is 0.0253. The van der Waals surface area contributed by atoms with Crippen LogP contribution >= 0.6 is 11.6 Å². The average molecular weight is 455 g/mol. The molecule has 1 aliphatic carbocycles. The third-order valence-corrected chi connectivity index (χ3v) is 5.84. The summed E-state index contributed by atoms with van der Waals surface area (Å²) in [6, 6.07) is 12.3. The highest BCUT2D eigenvalue weighted by molar-refractivity contribution is 6.30. The Labute approximate surface area is 190 Å². The molecule has 1 unspecified atom stereocenters. The summed E-state index contributed by atoms with van der Waals surface area (Å²) in [6.45, 7) is 1.97. The molecule has 0 bridgehead atoms. The predicted molar refractivity (Wildman–Crippen MR) is 118 cm³/mol. The number of ether oxygens (including phenoxy) is 1. The zero-order valence-corrected chi connectivity index (χ0v) is 18.4. The third kappa shape index (κ3) is 4.53. The SMILES string of the molecule is CCOC(=O)c1ccc(N2C(=O)CC(N(C(=O)Cc3ccc(Cl)cc3)C3CC3)C2=O)cc1. The molecule has 0 aromatic heterocycles. The fourth-order valence-corrected chi connectivity index (χ4v) is 4.04. The summed E-state index contributed by atoms with van der Waals surface area (Å²) in [5.74, 6) is -1.44. The molecule has 2 aliphatic rings. The molecule has 7 nitrogen and oxygen atoms in total. The van der Waals surface area contributed by atoms with Gasteiger partial charge in [-0.25, -0.2) is 9.69 Å². The first kappa shape index (κ1) is 22.0. The molecule has 1 atom stereocenters. The second kappa shape index (κ2) is 9.12. The normalized spacial score (nSPS) is 18.1. The van der Waals surface area contributed by atoms with E-state index in [0.29, 0.717) is 16.3 Å². The van der Waals surface area contributed by atoms with Crippen LogP contribution in [-0.4, -0.2) is 47.3 Å². The number of anilines is 1. The van der Waals surface area contributed by atoms with Crippen molar-refractivity contribution in [3.05, 3.63) is 64.7 Å². The Morgan fingerprint density at radius 3 is 2.31 bits per heavy atom. The Kier molecular flexibility index (Phi) is 6.28. The molecular formula is C24H23ClN2O5. The van der Waals surface area contributed by atoms with E-state index in [1.165, 1.54) is 12.1 Å². The Balaban J connectivity index is 1.52. The van der Waals surface area contributed by atoms with Gasteiger partial charge in [-0.05, 0) is 61.7 Å². The molecule has 0 N–H and O–H groups in total. The number of halogens is 1. The van der Waals surface area contributed by atoms with Gasteiger partial charge in [0.1, 0.15) is 6.04 Å². The fraction of sp³-hybridized carbons (Fsp3) is 0.333. The van der Waals surface area contributed by atoms with E-state index in [-0.39, 0.29) is 37.3 Å². The summed E-state index contributed by atoms with van der Waals surface area (Å²) in [5.41, 5.74) is 1.51. The number of carbonyl (C=O) groups is 4. The van der Waals surface area contributed by atoms with Crippen LogP contribution in [0.1, 0.15) is 42.1 Å². The van der Waals surface area contributed by atoms with E-state index in [1.807, 2.05) is 0 Å². The van der Waals surface area contributed by atoms with Crippen molar-refractivity contribution < 1.29 is 23.9 Å². The summed E-state index contributed by atoms with van der Waals surface area (Å²) in [6.07, 6.45) is 1.72. The molecule has 2 aromatic carbocycles. The van der Waals surface area contributed by atoms with Crippen molar-refractivity contribution in [2.24, 2.45) is 0 Å². The monoisotopic (exact) mass is 454 g/mol. The molecule has 1 heterocycles. The van der Waals surface area contributed by atoms with E-state index < -0.39 is 17.9 Å².